The number of carbonyl (C=O) groups is 3. The molecule has 4 aliphatic carbocycles. The van der Waals surface area contributed by atoms with Gasteiger partial charge in [0.2, 0.25) is 5.91 Å². The Morgan fingerprint density at radius 1 is 1.03 bits per heavy atom. The number of nitro groups is 1. The summed E-state index contributed by atoms with van der Waals surface area (Å²) in [6.07, 6.45) is 6.35. The highest BCUT2D eigenvalue weighted by atomic mass is 16.6. The third kappa shape index (κ3) is 3.94. The highest BCUT2D eigenvalue weighted by Gasteiger charge is 2.54. The van der Waals surface area contributed by atoms with Gasteiger partial charge in [-0.15, -0.1) is 0 Å². The monoisotopic (exact) mass is 400 g/mol. The molecule has 4 saturated carbocycles. The van der Waals surface area contributed by atoms with Gasteiger partial charge in [0.05, 0.1) is 16.9 Å². The van der Waals surface area contributed by atoms with Gasteiger partial charge in [0, 0.05) is 17.7 Å². The maximum Gasteiger partial charge on any atom is 0.270 e. The van der Waals surface area contributed by atoms with Gasteiger partial charge >= 0.3 is 0 Å². The van der Waals surface area contributed by atoms with Crippen LogP contribution in [-0.2, 0) is 9.59 Å². The van der Waals surface area contributed by atoms with E-state index in [2.05, 4.69) is 16.2 Å². The number of nitro benzene ring substituents is 1. The number of hydrogen-bond donors (Lipinski definition) is 3. The molecule has 4 fully saturated rings. The summed E-state index contributed by atoms with van der Waals surface area (Å²) in [6.45, 7) is -0.345. The third-order valence-corrected chi connectivity index (χ3v) is 6.56. The van der Waals surface area contributed by atoms with Gasteiger partial charge in [0.1, 0.15) is 0 Å². The summed E-state index contributed by atoms with van der Waals surface area (Å²) in [6, 6.07) is 5.25. The van der Waals surface area contributed by atoms with E-state index < -0.39 is 16.7 Å². The predicted molar refractivity (Wildman–Crippen MR) is 102 cm³/mol. The van der Waals surface area contributed by atoms with Crippen LogP contribution in [0.2, 0.25) is 0 Å². The van der Waals surface area contributed by atoms with Gasteiger partial charge in [-0.1, -0.05) is 6.07 Å². The molecule has 0 aliphatic heterocycles. The Balaban J connectivity index is 1.26. The topological polar surface area (TPSA) is 130 Å². The van der Waals surface area contributed by atoms with Gasteiger partial charge in [0.25, 0.3) is 17.5 Å². The first-order valence-electron chi connectivity index (χ1n) is 9.96. The minimum Gasteiger partial charge on any atom is -0.343 e. The number of nitrogens with zero attached hydrogens (tertiary/aromatic N) is 1. The van der Waals surface area contributed by atoms with Crippen molar-refractivity contribution >= 4 is 23.4 Å². The molecule has 4 bridgehead atoms. The van der Waals surface area contributed by atoms with Crippen molar-refractivity contribution in [3.05, 3.63) is 39.9 Å². The van der Waals surface area contributed by atoms with Crippen LogP contribution >= 0.6 is 0 Å². The van der Waals surface area contributed by atoms with Crippen LogP contribution in [-0.4, -0.2) is 29.2 Å². The number of hydrazine groups is 1. The normalized spacial score (nSPS) is 29.2. The van der Waals surface area contributed by atoms with Gasteiger partial charge in [-0.3, -0.25) is 35.3 Å². The zero-order valence-electron chi connectivity index (χ0n) is 16.0. The molecule has 0 atom stereocenters. The summed E-state index contributed by atoms with van der Waals surface area (Å²) in [7, 11) is 0. The van der Waals surface area contributed by atoms with E-state index in [1.54, 1.807) is 0 Å². The van der Waals surface area contributed by atoms with Crippen molar-refractivity contribution in [3.63, 3.8) is 0 Å². The van der Waals surface area contributed by atoms with E-state index in [4.69, 9.17) is 0 Å². The molecule has 29 heavy (non-hydrogen) atoms. The maximum absolute atomic E-state index is 12.8. The van der Waals surface area contributed by atoms with Crippen LogP contribution in [0.15, 0.2) is 24.3 Å². The molecule has 3 N–H and O–H groups in total. The molecule has 5 rings (SSSR count). The van der Waals surface area contributed by atoms with Gasteiger partial charge in [-0.2, -0.15) is 0 Å². The van der Waals surface area contributed by atoms with Crippen LogP contribution in [0.25, 0.3) is 0 Å². The van der Waals surface area contributed by atoms with E-state index in [1.165, 1.54) is 37.5 Å². The SMILES string of the molecule is O=C(CNC(=O)c1cccc([N+](=O)[O-])c1)NNC(=O)C12CC3CC(CC(C3)C1)C2. The number of rotatable bonds is 5. The fourth-order valence-electron chi connectivity index (χ4n) is 5.72. The van der Waals surface area contributed by atoms with E-state index in [9.17, 15) is 24.5 Å². The first-order valence-corrected chi connectivity index (χ1v) is 9.96. The average molecular weight is 400 g/mol. The molecule has 0 heterocycles. The van der Waals surface area contributed by atoms with Crippen LogP contribution in [0.5, 0.6) is 0 Å². The summed E-state index contributed by atoms with van der Waals surface area (Å²) in [5.74, 6) is 0.582. The summed E-state index contributed by atoms with van der Waals surface area (Å²) in [5.41, 5.74) is 4.45. The molecular weight excluding hydrogens is 376 g/mol. The fourth-order valence-corrected chi connectivity index (χ4v) is 5.72. The zero-order valence-corrected chi connectivity index (χ0v) is 16.0. The third-order valence-electron chi connectivity index (χ3n) is 6.56. The molecule has 1 aromatic carbocycles. The van der Waals surface area contributed by atoms with Crippen molar-refractivity contribution in [1.82, 2.24) is 16.2 Å². The standard InChI is InChI=1S/C20H24N4O5/c25-17(11-21-18(26)15-2-1-3-16(7-15)24(28)29)22-23-19(27)20-8-12-4-13(9-20)6-14(5-12)10-20/h1-3,7,12-14H,4-6,8-11H2,(H,21,26)(H,22,25)(H,23,27). The van der Waals surface area contributed by atoms with Crippen molar-refractivity contribution < 1.29 is 19.3 Å². The van der Waals surface area contributed by atoms with Gasteiger partial charge in [-0.05, 0) is 62.3 Å². The average Bonchev–Trinajstić information content (AvgIpc) is 2.69. The summed E-state index contributed by atoms with van der Waals surface area (Å²) in [4.78, 5) is 47.1. The number of nitrogens with one attached hydrogen (secondary N) is 3. The van der Waals surface area contributed by atoms with Crippen molar-refractivity contribution in [1.29, 1.82) is 0 Å². The lowest BCUT2D eigenvalue weighted by Crippen LogP contribution is -2.57. The zero-order chi connectivity index (χ0) is 20.6. The highest BCUT2D eigenvalue weighted by molar-refractivity contribution is 5.97. The smallest absolute Gasteiger partial charge is 0.270 e. The van der Waals surface area contributed by atoms with E-state index in [-0.39, 0.29) is 29.1 Å². The summed E-state index contributed by atoms with van der Waals surface area (Å²) < 4.78 is 0. The second kappa shape index (κ2) is 7.46. The Labute approximate surface area is 167 Å². The van der Waals surface area contributed by atoms with E-state index >= 15 is 0 Å². The minimum absolute atomic E-state index is 0.0876. The Morgan fingerprint density at radius 2 is 1.66 bits per heavy atom. The van der Waals surface area contributed by atoms with Crippen molar-refractivity contribution in [2.75, 3.05) is 6.54 Å². The largest absolute Gasteiger partial charge is 0.343 e. The molecule has 154 valence electrons. The first-order chi connectivity index (χ1) is 13.8. The van der Waals surface area contributed by atoms with Crippen LogP contribution in [0, 0.1) is 33.3 Å². The van der Waals surface area contributed by atoms with Crippen molar-refractivity contribution in [2.24, 2.45) is 23.2 Å². The molecule has 1 aromatic rings. The number of hydrogen-bond acceptors (Lipinski definition) is 5. The Kier molecular flexibility index (Phi) is 4.97. The van der Waals surface area contributed by atoms with Crippen LogP contribution in [0.3, 0.4) is 0 Å². The molecular formula is C20H24N4O5. The fraction of sp³-hybridized carbons (Fsp3) is 0.550. The number of amides is 3. The maximum atomic E-state index is 12.8. The highest BCUT2D eigenvalue weighted by Crippen LogP contribution is 2.60. The molecule has 0 aromatic heterocycles. The van der Waals surface area contributed by atoms with Crippen LogP contribution in [0.4, 0.5) is 5.69 Å². The number of carbonyl (C=O) groups excluding carboxylic acids is 3. The summed E-state index contributed by atoms with van der Waals surface area (Å²) in [5, 5.41) is 13.2. The Bertz CT molecular complexity index is 833. The first kappa shape index (κ1) is 19.4. The van der Waals surface area contributed by atoms with Crippen LogP contribution < -0.4 is 16.2 Å². The van der Waals surface area contributed by atoms with Gasteiger partial charge in [-0.25, -0.2) is 0 Å². The van der Waals surface area contributed by atoms with E-state index in [0.29, 0.717) is 17.8 Å². The predicted octanol–water partition coefficient (Wildman–Crippen LogP) is 1.69. The second-order valence-corrected chi connectivity index (χ2v) is 8.69. The van der Waals surface area contributed by atoms with Gasteiger partial charge < -0.3 is 5.32 Å². The quantitative estimate of drug-likeness (QED) is 0.511. The lowest BCUT2D eigenvalue weighted by Gasteiger charge is -2.55. The molecule has 0 saturated heterocycles. The van der Waals surface area contributed by atoms with Gasteiger partial charge in [0.15, 0.2) is 0 Å². The lowest BCUT2D eigenvalue weighted by atomic mass is 9.49. The lowest BCUT2D eigenvalue weighted by molar-refractivity contribution is -0.384. The van der Waals surface area contributed by atoms with E-state index in [0.717, 1.165) is 25.3 Å². The Morgan fingerprint density at radius 3 is 2.24 bits per heavy atom. The molecule has 4 aliphatic rings. The van der Waals surface area contributed by atoms with Crippen LogP contribution in [0.1, 0.15) is 48.9 Å². The molecule has 9 nitrogen and oxygen atoms in total. The molecule has 0 unspecified atom stereocenters. The van der Waals surface area contributed by atoms with Crippen molar-refractivity contribution in [2.45, 2.75) is 38.5 Å². The number of non-ortho nitro benzene ring substituents is 1. The molecule has 0 spiro atoms. The van der Waals surface area contributed by atoms with Crippen molar-refractivity contribution in [3.8, 4) is 0 Å². The minimum atomic E-state index is -0.601. The molecule has 9 heteroatoms. The summed E-state index contributed by atoms with van der Waals surface area (Å²) >= 11 is 0. The Hall–Kier alpha value is -2.97. The molecule has 0 radical (unpaired) electrons. The van der Waals surface area contributed by atoms with E-state index in [1.807, 2.05) is 0 Å². The molecule has 3 amide bonds. The second-order valence-electron chi connectivity index (χ2n) is 8.69. The number of benzene rings is 1.